The van der Waals surface area contributed by atoms with Gasteiger partial charge in [-0.1, -0.05) is 61.8 Å². The zero-order valence-corrected chi connectivity index (χ0v) is 17.8. The van der Waals surface area contributed by atoms with Crippen molar-refractivity contribution in [3.63, 3.8) is 0 Å². The van der Waals surface area contributed by atoms with Gasteiger partial charge in [0.2, 0.25) is 0 Å². The molecule has 6 heteroatoms. The van der Waals surface area contributed by atoms with Crippen molar-refractivity contribution < 1.29 is 14.3 Å². The standard InChI is InChI=1S/C23H29ClN2O3/c1-17(2)18-7-9-19(10-8-18)21(26-11-13-28-14-12-26)15-25-23(27)16-29-22-6-4-3-5-20(22)24/h3-10,17,21H,11-16H2,1-2H3,(H,25,27). The number of ether oxygens (including phenoxy) is 2. The minimum atomic E-state index is -0.165. The highest BCUT2D eigenvalue weighted by Crippen LogP contribution is 2.25. The van der Waals surface area contributed by atoms with Crippen molar-refractivity contribution in [2.75, 3.05) is 39.5 Å². The molecule has 2 aromatic rings. The Labute approximate surface area is 177 Å². The molecule has 0 saturated carbocycles. The lowest BCUT2D eigenvalue weighted by molar-refractivity contribution is -0.123. The summed E-state index contributed by atoms with van der Waals surface area (Å²) in [7, 11) is 0. The molecule has 2 aromatic carbocycles. The van der Waals surface area contributed by atoms with Gasteiger partial charge in [-0.15, -0.1) is 0 Å². The summed E-state index contributed by atoms with van der Waals surface area (Å²) in [6, 6.07) is 15.9. The number of halogens is 1. The second kappa shape index (κ2) is 10.6. The Morgan fingerprint density at radius 2 is 1.76 bits per heavy atom. The van der Waals surface area contributed by atoms with Gasteiger partial charge < -0.3 is 14.8 Å². The van der Waals surface area contributed by atoms with Gasteiger partial charge in [0.25, 0.3) is 5.91 Å². The second-order valence-corrected chi connectivity index (χ2v) is 7.92. The third-order valence-electron chi connectivity index (χ3n) is 5.16. The van der Waals surface area contributed by atoms with E-state index in [4.69, 9.17) is 21.1 Å². The minimum absolute atomic E-state index is 0.0636. The van der Waals surface area contributed by atoms with Crippen LogP contribution >= 0.6 is 11.6 Å². The third-order valence-corrected chi connectivity index (χ3v) is 5.47. The van der Waals surface area contributed by atoms with Crippen LogP contribution in [0.15, 0.2) is 48.5 Å². The van der Waals surface area contributed by atoms with E-state index in [1.54, 1.807) is 12.1 Å². The number of nitrogens with one attached hydrogen (secondary N) is 1. The van der Waals surface area contributed by atoms with E-state index in [0.717, 1.165) is 13.1 Å². The fourth-order valence-corrected chi connectivity index (χ4v) is 3.61. The molecule has 0 radical (unpaired) electrons. The van der Waals surface area contributed by atoms with Crippen LogP contribution in [-0.4, -0.2) is 50.3 Å². The Kier molecular flexibility index (Phi) is 7.92. The number of para-hydroxylation sites is 1. The lowest BCUT2D eigenvalue weighted by Gasteiger charge is -2.35. The van der Waals surface area contributed by atoms with Crippen LogP contribution in [0.3, 0.4) is 0 Å². The van der Waals surface area contributed by atoms with Gasteiger partial charge in [-0.3, -0.25) is 9.69 Å². The van der Waals surface area contributed by atoms with Crippen LogP contribution in [0, 0.1) is 0 Å². The molecule has 0 spiro atoms. The van der Waals surface area contributed by atoms with Crippen molar-refractivity contribution in [3.8, 4) is 5.75 Å². The van der Waals surface area contributed by atoms with Gasteiger partial charge >= 0.3 is 0 Å². The summed E-state index contributed by atoms with van der Waals surface area (Å²) < 4.78 is 11.0. The van der Waals surface area contributed by atoms with Crippen molar-refractivity contribution in [1.82, 2.24) is 10.2 Å². The summed E-state index contributed by atoms with van der Waals surface area (Å²) in [5, 5.41) is 3.51. The van der Waals surface area contributed by atoms with E-state index in [0.29, 0.717) is 36.4 Å². The Morgan fingerprint density at radius 1 is 1.10 bits per heavy atom. The van der Waals surface area contributed by atoms with Gasteiger partial charge in [0.15, 0.2) is 6.61 Å². The first-order valence-corrected chi connectivity index (χ1v) is 10.5. The monoisotopic (exact) mass is 416 g/mol. The Bertz CT molecular complexity index is 789. The van der Waals surface area contributed by atoms with Gasteiger partial charge in [-0.2, -0.15) is 0 Å². The zero-order valence-electron chi connectivity index (χ0n) is 17.1. The summed E-state index contributed by atoms with van der Waals surface area (Å²) in [5.74, 6) is 0.841. The van der Waals surface area contributed by atoms with Gasteiger partial charge in [0.05, 0.1) is 24.3 Å². The highest BCUT2D eigenvalue weighted by atomic mass is 35.5. The zero-order chi connectivity index (χ0) is 20.6. The summed E-state index contributed by atoms with van der Waals surface area (Å²) in [6.07, 6.45) is 0. The molecule has 1 fully saturated rings. The van der Waals surface area contributed by atoms with Gasteiger partial charge in [0, 0.05) is 19.6 Å². The molecule has 0 bridgehead atoms. The number of benzene rings is 2. The third kappa shape index (κ3) is 6.20. The molecular weight excluding hydrogens is 388 g/mol. The summed E-state index contributed by atoms with van der Waals surface area (Å²) in [4.78, 5) is 14.7. The Morgan fingerprint density at radius 3 is 2.41 bits per heavy atom. The molecule has 1 unspecified atom stereocenters. The van der Waals surface area contributed by atoms with Gasteiger partial charge in [-0.05, 0) is 29.2 Å². The van der Waals surface area contributed by atoms with Crippen molar-refractivity contribution in [2.45, 2.75) is 25.8 Å². The number of nitrogens with zero attached hydrogens (tertiary/aromatic N) is 1. The number of carbonyl (C=O) groups excluding carboxylic acids is 1. The fraction of sp³-hybridized carbons (Fsp3) is 0.435. The molecule has 1 saturated heterocycles. The predicted molar refractivity (Wildman–Crippen MR) is 116 cm³/mol. The number of hydrogen-bond donors (Lipinski definition) is 1. The summed E-state index contributed by atoms with van der Waals surface area (Å²) in [5.41, 5.74) is 2.51. The van der Waals surface area contributed by atoms with Crippen molar-refractivity contribution in [2.24, 2.45) is 0 Å². The average Bonchev–Trinajstić information content (AvgIpc) is 2.74. The molecule has 1 heterocycles. The molecule has 1 N–H and O–H groups in total. The number of amides is 1. The first-order chi connectivity index (χ1) is 14.0. The van der Waals surface area contributed by atoms with E-state index in [2.05, 4.69) is 48.3 Å². The molecule has 1 aliphatic heterocycles. The molecule has 1 atom stereocenters. The van der Waals surface area contributed by atoms with Crippen molar-refractivity contribution in [3.05, 3.63) is 64.7 Å². The highest BCUT2D eigenvalue weighted by Gasteiger charge is 2.23. The number of carbonyl (C=O) groups is 1. The van der Waals surface area contributed by atoms with Crippen molar-refractivity contribution in [1.29, 1.82) is 0 Å². The lowest BCUT2D eigenvalue weighted by Crippen LogP contribution is -2.44. The van der Waals surface area contributed by atoms with Crippen LogP contribution in [0.4, 0.5) is 0 Å². The van der Waals surface area contributed by atoms with Crippen LogP contribution < -0.4 is 10.1 Å². The quantitative estimate of drug-likeness (QED) is 0.705. The van der Waals surface area contributed by atoms with E-state index < -0.39 is 0 Å². The van der Waals surface area contributed by atoms with E-state index in [-0.39, 0.29) is 18.6 Å². The molecular formula is C23H29ClN2O3. The first-order valence-electron chi connectivity index (χ1n) is 10.1. The SMILES string of the molecule is CC(C)c1ccc(C(CNC(=O)COc2ccccc2Cl)N2CCOCC2)cc1. The number of morpholine rings is 1. The average molecular weight is 417 g/mol. The predicted octanol–water partition coefficient (Wildman–Crippen LogP) is 4.03. The maximum absolute atomic E-state index is 12.4. The summed E-state index contributed by atoms with van der Waals surface area (Å²) >= 11 is 6.08. The molecule has 1 aliphatic rings. The van der Waals surface area contributed by atoms with Crippen LogP contribution in [0.2, 0.25) is 5.02 Å². The molecule has 1 amide bonds. The molecule has 0 aromatic heterocycles. The van der Waals surface area contributed by atoms with Crippen LogP contribution in [-0.2, 0) is 9.53 Å². The topological polar surface area (TPSA) is 50.8 Å². The molecule has 29 heavy (non-hydrogen) atoms. The highest BCUT2D eigenvalue weighted by molar-refractivity contribution is 6.32. The normalized spacial score (nSPS) is 15.9. The van der Waals surface area contributed by atoms with Gasteiger partial charge in [0.1, 0.15) is 5.75 Å². The first kappa shape index (κ1) is 21.6. The maximum atomic E-state index is 12.4. The molecule has 5 nitrogen and oxygen atoms in total. The van der Waals surface area contributed by atoms with Crippen molar-refractivity contribution >= 4 is 17.5 Å². The van der Waals surface area contributed by atoms with E-state index in [1.165, 1.54) is 11.1 Å². The van der Waals surface area contributed by atoms with Crippen LogP contribution in [0.25, 0.3) is 0 Å². The second-order valence-electron chi connectivity index (χ2n) is 7.51. The van der Waals surface area contributed by atoms with E-state index >= 15 is 0 Å². The van der Waals surface area contributed by atoms with Crippen LogP contribution in [0.1, 0.15) is 36.9 Å². The molecule has 156 valence electrons. The smallest absolute Gasteiger partial charge is 0.258 e. The van der Waals surface area contributed by atoms with Crippen LogP contribution in [0.5, 0.6) is 5.75 Å². The van der Waals surface area contributed by atoms with E-state index in [9.17, 15) is 4.79 Å². The summed E-state index contributed by atoms with van der Waals surface area (Å²) in [6.45, 7) is 7.96. The molecule has 0 aliphatic carbocycles. The molecule has 3 rings (SSSR count). The largest absolute Gasteiger partial charge is 0.482 e. The number of hydrogen-bond acceptors (Lipinski definition) is 4. The Hall–Kier alpha value is -2.08. The Balaban J connectivity index is 1.62. The maximum Gasteiger partial charge on any atom is 0.258 e. The van der Waals surface area contributed by atoms with E-state index in [1.807, 2.05) is 12.1 Å². The van der Waals surface area contributed by atoms with Gasteiger partial charge in [-0.25, -0.2) is 0 Å². The number of rotatable bonds is 8. The fourth-order valence-electron chi connectivity index (χ4n) is 3.42. The lowest BCUT2D eigenvalue weighted by atomic mass is 9.98. The minimum Gasteiger partial charge on any atom is -0.482 e.